The Bertz CT molecular complexity index is 853. The maximum absolute atomic E-state index is 12.8. The molecule has 2 N–H and O–H groups in total. The van der Waals surface area contributed by atoms with Crippen LogP contribution >= 0.6 is 0 Å². The first-order valence-electron chi connectivity index (χ1n) is 9.51. The molecule has 2 heterocycles. The molecule has 27 heavy (non-hydrogen) atoms. The van der Waals surface area contributed by atoms with Crippen LogP contribution in [-0.2, 0) is 21.4 Å². The lowest BCUT2D eigenvalue weighted by atomic mass is 9.49. The number of ether oxygens (including phenoxy) is 2. The Labute approximate surface area is 156 Å². The van der Waals surface area contributed by atoms with Crippen molar-refractivity contribution in [3.05, 3.63) is 23.3 Å². The fourth-order valence-corrected chi connectivity index (χ4v) is 5.89. The lowest BCUT2D eigenvalue weighted by Crippen LogP contribution is -2.76. The number of rotatable bonds is 4. The number of ketones is 1. The zero-order valence-electron chi connectivity index (χ0n) is 15.2. The lowest BCUT2D eigenvalue weighted by molar-refractivity contribution is -0.185. The smallest absolute Gasteiger partial charge is 0.306 e. The lowest BCUT2D eigenvalue weighted by Gasteiger charge is -2.62. The largest absolute Gasteiger partial charge is 0.489 e. The summed E-state index contributed by atoms with van der Waals surface area (Å²) in [6, 6.07) is 3.74. The van der Waals surface area contributed by atoms with Gasteiger partial charge in [0.15, 0.2) is 23.4 Å². The number of hydrogen-bond donors (Lipinski definition) is 2. The molecule has 0 radical (unpaired) electrons. The van der Waals surface area contributed by atoms with Gasteiger partial charge in [-0.2, -0.15) is 0 Å². The number of piperidine rings is 1. The van der Waals surface area contributed by atoms with Gasteiger partial charge < -0.3 is 24.6 Å². The molecule has 2 fully saturated rings. The Morgan fingerprint density at radius 1 is 1.41 bits per heavy atom. The van der Waals surface area contributed by atoms with E-state index in [1.807, 2.05) is 13.1 Å². The van der Waals surface area contributed by atoms with E-state index in [0.717, 1.165) is 17.7 Å². The van der Waals surface area contributed by atoms with E-state index in [1.54, 1.807) is 6.07 Å². The number of nitrogens with zero attached hydrogens (tertiary/aromatic N) is 1. The molecule has 7 heteroatoms. The van der Waals surface area contributed by atoms with Crippen molar-refractivity contribution in [1.29, 1.82) is 0 Å². The zero-order valence-corrected chi connectivity index (χ0v) is 15.2. The van der Waals surface area contributed by atoms with E-state index in [-0.39, 0.29) is 24.9 Å². The fraction of sp³-hybridized carbons (Fsp3) is 0.600. The van der Waals surface area contributed by atoms with E-state index < -0.39 is 23.1 Å². The molecule has 0 amide bonds. The molecule has 0 unspecified atom stereocenters. The standard InChI is InChI=1S/C20H23NO6/c1-21-8-7-19-16-11-2-3-13(26-9-5-15(23)24)17(16)27-18(19)12(22)4-6-20(19,25)14(21)10-11/h2-3,14,18,25H,4-10H2,1H3,(H,23,24)/t14-,18+,19+,20-/m0/s1. The molecular formula is C20H23NO6. The van der Waals surface area contributed by atoms with Gasteiger partial charge in [-0.15, -0.1) is 0 Å². The Kier molecular flexibility index (Phi) is 3.44. The van der Waals surface area contributed by atoms with Gasteiger partial charge in [0.2, 0.25) is 0 Å². The van der Waals surface area contributed by atoms with Gasteiger partial charge in [0.25, 0.3) is 0 Å². The molecule has 4 atom stereocenters. The molecule has 1 aromatic carbocycles. The van der Waals surface area contributed by atoms with Gasteiger partial charge in [-0.1, -0.05) is 6.07 Å². The van der Waals surface area contributed by atoms with E-state index in [4.69, 9.17) is 14.6 Å². The van der Waals surface area contributed by atoms with Gasteiger partial charge in [0.05, 0.1) is 24.0 Å². The van der Waals surface area contributed by atoms with E-state index in [0.29, 0.717) is 37.2 Å². The molecule has 1 spiro atoms. The van der Waals surface area contributed by atoms with Gasteiger partial charge in [0.1, 0.15) is 0 Å². The molecule has 1 saturated carbocycles. The monoisotopic (exact) mass is 373 g/mol. The number of likely N-dealkylation sites (N-methyl/N-ethyl adjacent to an activating group) is 1. The summed E-state index contributed by atoms with van der Waals surface area (Å²) in [5.41, 5.74) is 0.278. The summed E-state index contributed by atoms with van der Waals surface area (Å²) in [5.74, 6) is 0.0923. The molecular weight excluding hydrogens is 350 g/mol. The number of carbonyl (C=O) groups is 2. The highest BCUT2D eigenvalue weighted by Crippen LogP contribution is 2.64. The van der Waals surface area contributed by atoms with Crippen LogP contribution in [0.25, 0.3) is 0 Å². The van der Waals surface area contributed by atoms with Gasteiger partial charge >= 0.3 is 5.97 Å². The van der Waals surface area contributed by atoms with Crippen molar-refractivity contribution in [2.24, 2.45) is 0 Å². The minimum absolute atomic E-state index is 0.0310. The van der Waals surface area contributed by atoms with Crippen LogP contribution in [0.5, 0.6) is 11.5 Å². The summed E-state index contributed by atoms with van der Waals surface area (Å²) in [5, 5.41) is 20.7. The van der Waals surface area contributed by atoms with Crippen LogP contribution in [0.15, 0.2) is 12.1 Å². The average Bonchev–Trinajstić information content (AvgIpc) is 2.98. The Morgan fingerprint density at radius 2 is 2.22 bits per heavy atom. The maximum Gasteiger partial charge on any atom is 0.306 e. The normalized spacial score (nSPS) is 36.1. The van der Waals surface area contributed by atoms with Crippen LogP contribution in [-0.4, -0.2) is 64.8 Å². The molecule has 7 nitrogen and oxygen atoms in total. The van der Waals surface area contributed by atoms with Crippen molar-refractivity contribution in [3.63, 3.8) is 0 Å². The third-order valence-corrected chi connectivity index (χ3v) is 7.08. The topological polar surface area (TPSA) is 96.3 Å². The van der Waals surface area contributed by atoms with E-state index >= 15 is 0 Å². The molecule has 0 aromatic heterocycles. The number of carboxylic acids is 1. The Morgan fingerprint density at radius 3 is 3.00 bits per heavy atom. The highest BCUT2D eigenvalue weighted by molar-refractivity contribution is 5.90. The highest BCUT2D eigenvalue weighted by Gasteiger charge is 2.72. The SMILES string of the molecule is CN1CC[C@@]23c4c5ccc(OCCC(=O)O)c4O[C@@H]2C(=O)CC[C@]3(O)[C@@H]1C5. The van der Waals surface area contributed by atoms with Crippen LogP contribution in [0.4, 0.5) is 0 Å². The second kappa shape index (κ2) is 5.45. The Hall–Kier alpha value is -2.12. The number of likely N-dealkylation sites (tertiary alicyclic amines) is 1. The van der Waals surface area contributed by atoms with Crippen LogP contribution in [0.2, 0.25) is 0 Å². The molecule has 4 aliphatic rings. The highest BCUT2D eigenvalue weighted by atomic mass is 16.5. The number of hydrogen-bond acceptors (Lipinski definition) is 6. The Balaban J connectivity index is 1.66. The fourth-order valence-electron chi connectivity index (χ4n) is 5.89. The van der Waals surface area contributed by atoms with E-state index in [1.165, 1.54) is 0 Å². The number of aliphatic hydroxyl groups is 1. The first-order valence-corrected chi connectivity index (χ1v) is 9.51. The molecule has 2 aliphatic heterocycles. The van der Waals surface area contributed by atoms with Crippen molar-refractivity contribution < 1.29 is 29.3 Å². The summed E-state index contributed by atoms with van der Waals surface area (Å²) in [6.07, 6.45) is 1.32. The zero-order chi connectivity index (χ0) is 19.0. The summed E-state index contributed by atoms with van der Waals surface area (Å²) in [6.45, 7) is 0.828. The third-order valence-electron chi connectivity index (χ3n) is 7.08. The summed E-state index contributed by atoms with van der Waals surface area (Å²) in [7, 11) is 2.03. The summed E-state index contributed by atoms with van der Waals surface area (Å²) in [4.78, 5) is 25.8. The first-order chi connectivity index (χ1) is 12.9. The van der Waals surface area contributed by atoms with Crippen LogP contribution in [0.3, 0.4) is 0 Å². The third kappa shape index (κ3) is 1.99. The van der Waals surface area contributed by atoms with Crippen LogP contribution < -0.4 is 9.47 Å². The molecule has 1 saturated heterocycles. The van der Waals surface area contributed by atoms with Crippen molar-refractivity contribution in [2.75, 3.05) is 20.2 Å². The van der Waals surface area contributed by atoms with Crippen molar-refractivity contribution in [2.45, 2.75) is 55.3 Å². The predicted molar refractivity (Wildman–Crippen MR) is 94.2 cm³/mol. The number of carbonyl (C=O) groups excluding carboxylic acids is 1. The number of carboxylic acid groups (broad SMARTS) is 1. The van der Waals surface area contributed by atoms with Gasteiger partial charge in [-0.05, 0) is 44.5 Å². The average molecular weight is 373 g/mol. The molecule has 2 bridgehead atoms. The quantitative estimate of drug-likeness (QED) is 0.809. The minimum Gasteiger partial charge on any atom is -0.489 e. The molecule has 5 rings (SSSR count). The van der Waals surface area contributed by atoms with Crippen LogP contribution in [0.1, 0.15) is 36.8 Å². The van der Waals surface area contributed by atoms with Gasteiger partial charge in [0, 0.05) is 18.0 Å². The first kappa shape index (κ1) is 17.0. The summed E-state index contributed by atoms with van der Waals surface area (Å²) >= 11 is 0. The second-order valence-corrected chi connectivity index (χ2v) is 8.23. The second-order valence-electron chi connectivity index (χ2n) is 8.23. The van der Waals surface area contributed by atoms with Crippen LogP contribution in [0, 0.1) is 0 Å². The van der Waals surface area contributed by atoms with E-state index in [2.05, 4.69) is 4.90 Å². The molecule has 2 aliphatic carbocycles. The van der Waals surface area contributed by atoms with Gasteiger partial charge in [-0.3, -0.25) is 9.59 Å². The van der Waals surface area contributed by atoms with E-state index in [9.17, 15) is 14.7 Å². The number of aliphatic carboxylic acids is 1. The summed E-state index contributed by atoms with van der Waals surface area (Å²) < 4.78 is 11.9. The minimum atomic E-state index is -1.00. The van der Waals surface area contributed by atoms with Crippen molar-refractivity contribution in [1.82, 2.24) is 4.90 Å². The van der Waals surface area contributed by atoms with Gasteiger partial charge in [-0.25, -0.2) is 0 Å². The predicted octanol–water partition coefficient (Wildman–Crippen LogP) is 0.893. The molecule has 1 aromatic rings. The number of Topliss-reactive ketones (excluding diaryl/α,β-unsaturated/α-hetero) is 1. The van der Waals surface area contributed by atoms with Crippen molar-refractivity contribution >= 4 is 11.8 Å². The molecule has 144 valence electrons. The van der Waals surface area contributed by atoms with Crippen molar-refractivity contribution in [3.8, 4) is 11.5 Å². The maximum atomic E-state index is 12.8. The number of benzene rings is 1.